The first-order valence-electron chi connectivity index (χ1n) is 4.20. The lowest BCUT2D eigenvalue weighted by Gasteiger charge is -2.02. The quantitative estimate of drug-likeness (QED) is 0.700. The summed E-state index contributed by atoms with van der Waals surface area (Å²) in [6.45, 7) is 2.89. The van der Waals surface area contributed by atoms with Crippen LogP contribution in [0, 0.1) is 0 Å². The Hall–Kier alpha value is -1.42. The predicted molar refractivity (Wildman–Crippen MR) is 50.1 cm³/mol. The van der Waals surface area contributed by atoms with E-state index in [-0.39, 0.29) is 5.91 Å². The standard InChI is InChI=1S/C9H13N3O/c1-2-12-9(13)8-3-7(4-10)5-11-6-8/h3,5-6H,2,4,10H2,1H3,(H,12,13). The lowest BCUT2D eigenvalue weighted by molar-refractivity contribution is 0.0955. The minimum absolute atomic E-state index is 0.106. The van der Waals surface area contributed by atoms with E-state index in [9.17, 15) is 4.79 Å². The first-order valence-corrected chi connectivity index (χ1v) is 4.20. The number of nitrogens with two attached hydrogens (primary N) is 1. The third-order valence-corrected chi connectivity index (χ3v) is 1.63. The zero-order chi connectivity index (χ0) is 9.68. The van der Waals surface area contributed by atoms with Gasteiger partial charge in [-0.2, -0.15) is 0 Å². The smallest absolute Gasteiger partial charge is 0.252 e. The van der Waals surface area contributed by atoms with E-state index in [1.165, 1.54) is 6.20 Å². The molecule has 0 aliphatic carbocycles. The zero-order valence-corrected chi connectivity index (χ0v) is 7.58. The molecule has 70 valence electrons. The number of nitrogens with zero attached hydrogens (tertiary/aromatic N) is 1. The summed E-state index contributed by atoms with van der Waals surface area (Å²) in [5, 5.41) is 2.69. The molecule has 0 radical (unpaired) electrons. The molecule has 1 heterocycles. The molecule has 4 heteroatoms. The summed E-state index contributed by atoms with van der Waals surface area (Å²) in [5.41, 5.74) is 6.85. The van der Waals surface area contributed by atoms with Crippen LogP contribution in [0.2, 0.25) is 0 Å². The molecule has 0 aliphatic heterocycles. The van der Waals surface area contributed by atoms with Crippen LogP contribution < -0.4 is 11.1 Å². The van der Waals surface area contributed by atoms with Crippen molar-refractivity contribution in [3.63, 3.8) is 0 Å². The Morgan fingerprint density at radius 3 is 3.00 bits per heavy atom. The van der Waals surface area contributed by atoms with E-state index < -0.39 is 0 Å². The molecule has 0 bridgehead atoms. The molecule has 0 aromatic carbocycles. The van der Waals surface area contributed by atoms with Gasteiger partial charge in [0.1, 0.15) is 0 Å². The largest absolute Gasteiger partial charge is 0.352 e. The molecule has 0 saturated carbocycles. The predicted octanol–water partition coefficient (Wildman–Crippen LogP) is 0.290. The summed E-state index contributed by atoms with van der Waals surface area (Å²) in [6, 6.07) is 1.75. The third-order valence-electron chi connectivity index (χ3n) is 1.63. The summed E-state index contributed by atoms with van der Waals surface area (Å²) < 4.78 is 0. The fourth-order valence-corrected chi connectivity index (χ4v) is 0.986. The Labute approximate surface area is 77.2 Å². The average Bonchev–Trinajstić information content (AvgIpc) is 2.18. The van der Waals surface area contributed by atoms with E-state index >= 15 is 0 Å². The molecule has 1 aromatic rings. The molecule has 1 rings (SSSR count). The van der Waals surface area contributed by atoms with E-state index in [0.29, 0.717) is 18.7 Å². The van der Waals surface area contributed by atoms with Crippen molar-refractivity contribution in [2.24, 2.45) is 5.73 Å². The maximum Gasteiger partial charge on any atom is 0.252 e. The molecule has 4 nitrogen and oxygen atoms in total. The number of nitrogens with one attached hydrogen (secondary N) is 1. The average molecular weight is 179 g/mol. The van der Waals surface area contributed by atoms with Gasteiger partial charge in [-0.15, -0.1) is 0 Å². The highest BCUT2D eigenvalue weighted by Crippen LogP contribution is 2.01. The van der Waals surface area contributed by atoms with Crippen molar-refractivity contribution in [3.8, 4) is 0 Å². The second kappa shape index (κ2) is 4.57. The SMILES string of the molecule is CCNC(=O)c1cncc(CN)c1. The minimum atomic E-state index is -0.106. The first-order chi connectivity index (χ1) is 6.27. The van der Waals surface area contributed by atoms with Gasteiger partial charge in [-0.1, -0.05) is 0 Å². The molecule has 0 fully saturated rings. The number of amides is 1. The van der Waals surface area contributed by atoms with E-state index in [1.807, 2.05) is 6.92 Å². The number of pyridine rings is 1. The fraction of sp³-hybridized carbons (Fsp3) is 0.333. The van der Waals surface area contributed by atoms with Crippen LogP contribution in [-0.4, -0.2) is 17.4 Å². The monoisotopic (exact) mass is 179 g/mol. The Bertz CT molecular complexity index is 299. The van der Waals surface area contributed by atoms with Crippen molar-refractivity contribution >= 4 is 5.91 Å². The van der Waals surface area contributed by atoms with Crippen molar-refractivity contribution in [1.82, 2.24) is 10.3 Å². The number of carbonyl (C=O) groups excluding carboxylic acids is 1. The third kappa shape index (κ3) is 2.52. The second-order valence-corrected chi connectivity index (χ2v) is 2.65. The van der Waals surface area contributed by atoms with Gasteiger partial charge in [-0.3, -0.25) is 9.78 Å². The van der Waals surface area contributed by atoms with Crippen molar-refractivity contribution < 1.29 is 4.79 Å². The van der Waals surface area contributed by atoms with E-state index in [2.05, 4.69) is 10.3 Å². The summed E-state index contributed by atoms with van der Waals surface area (Å²) >= 11 is 0. The van der Waals surface area contributed by atoms with Crippen LogP contribution in [0.4, 0.5) is 0 Å². The Kier molecular flexibility index (Phi) is 3.40. The van der Waals surface area contributed by atoms with Crippen molar-refractivity contribution in [2.45, 2.75) is 13.5 Å². The molecule has 3 N–H and O–H groups in total. The van der Waals surface area contributed by atoms with Gasteiger partial charge in [0, 0.05) is 25.5 Å². The van der Waals surface area contributed by atoms with Gasteiger partial charge in [0.15, 0.2) is 0 Å². The zero-order valence-electron chi connectivity index (χ0n) is 7.58. The number of carbonyl (C=O) groups is 1. The maximum absolute atomic E-state index is 11.3. The first kappa shape index (κ1) is 9.67. The molecule has 0 atom stereocenters. The lowest BCUT2D eigenvalue weighted by atomic mass is 10.2. The normalized spacial score (nSPS) is 9.69. The van der Waals surface area contributed by atoms with Crippen LogP contribution >= 0.6 is 0 Å². The Balaban J connectivity index is 2.82. The highest BCUT2D eigenvalue weighted by atomic mass is 16.1. The van der Waals surface area contributed by atoms with Gasteiger partial charge in [-0.25, -0.2) is 0 Å². The van der Waals surface area contributed by atoms with Gasteiger partial charge < -0.3 is 11.1 Å². The van der Waals surface area contributed by atoms with Crippen LogP contribution in [0.1, 0.15) is 22.8 Å². The van der Waals surface area contributed by atoms with Crippen molar-refractivity contribution in [3.05, 3.63) is 29.6 Å². The van der Waals surface area contributed by atoms with Gasteiger partial charge >= 0.3 is 0 Å². The van der Waals surface area contributed by atoms with Crippen LogP contribution in [0.25, 0.3) is 0 Å². The highest BCUT2D eigenvalue weighted by molar-refractivity contribution is 5.93. The summed E-state index contributed by atoms with van der Waals surface area (Å²) in [6.07, 6.45) is 3.19. The van der Waals surface area contributed by atoms with E-state index in [1.54, 1.807) is 12.3 Å². The van der Waals surface area contributed by atoms with Gasteiger partial charge in [0.25, 0.3) is 5.91 Å². The van der Waals surface area contributed by atoms with Gasteiger partial charge in [0.05, 0.1) is 5.56 Å². The van der Waals surface area contributed by atoms with Crippen LogP contribution in [0.3, 0.4) is 0 Å². The molecular formula is C9H13N3O. The topological polar surface area (TPSA) is 68.0 Å². The fourth-order valence-electron chi connectivity index (χ4n) is 0.986. The second-order valence-electron chi connectivity index (χ2n) is 2.65. The molecule has 1 amide bonds. The van der Waals surface area contributed by atoms with Gasteiger partial charge in [0.2, 0.25) is 0 Å². The lowest BCUT2D eigenvalue weighted by Crippen LogP contribution is -2.23. The van der Waals surface area contributed by atoms with Crippen LogP contribution in [0.15, 0.2) is 18.5 Å². The minimum Gasteiger partial charge on any atom is -0.352 e. The Morgan fingerprint density at radius 1 is 1.62 bits per heavy atom. The molecule has 0 saturated heterocycles. The molecule has 1 aromatic heterocycles. The number of hydrogen-bond acceptors (Lipinski definition) is 3. The van der Waals surface area contributed by atoms with Crippen LogP contribution in [-0.2, 0) is 6.54 Å². The summed E-state index contributed by atoms with van der Waals surface area (Å²) in [5.74, 6) is -0.106. The maximum atomic E-state index is 11.3. The summed E-state index contributed by atoms with van der Waals surface area (Å²) in [7, 11) is 0. The van der Waals surface area contributed by atoms with E-state index in [4.69, 9.17) is 5.73 Å². The van der Waals surface area contributed by atoms with Crippen LogP contribution in [0.5, 0.6) is 0 Å². The summed E-state index contributed by atoms with van der Waals surface area (Å²) in [4.78, 5) is 15.2. The molecular weight excluding hydrogens is 166 g/mol. The number of aromatic nitrogens is 1. The number of hydrogen-bond donors (Lipinski definition) is 2. The molecule has 0 aliphatic rings. The van der Waals surface area contributed by atoms with E-state index in [0.717, 1.165) is 5.56 Å². The number of rotatable bonds is 3. The van der Waals surface area contributed by atoms with Gasteiger partial charge in [-0.05, 0) is 18.6 Å². The molecule has 0 unspecified atom stereocenters. The highest BCUT2D eigenvalue weighted by Gasteiger charge is 2.04. The van der Waals surface area contributed by atoms with Crippen molar-refractivity contribution in [1.29, 1.82) is 0 Å². The molecule has 0 spiro atoms. The van der Waals surface area contributed by atoms with Crippen molar-refractivity contribution in [2.75, 3.05) is 6.54 Å². The Morgan fingerprint density at radius 2 is 2.38 bits per heavy atom. The molecule has 13 heavy (non-hydrogen) atoms.